The van der Waals surface area contributed by atoms with E-state index in [1.807, 2.05) is 24.3 Å². The summed E-state index contributed by atoms with van der Waals surface area (Å²) in [4.78, 5) is 42.0. The second-order valence-corrected chi connectivity index (χ2v) is 8.77. The molecule has 1 aliphatic carbocycles. The van der Waals surface area contributed by atoms with Gasteiger partial charge in [0.15, 0.2) is 6.04 Å². The molecule has 0 radical (unpaired) electrons. The molecule has 1 aromatic heterocycles. The first kappa shape index (κ1) is 23.5. The third-order valence-corrected chi connectivity index (χ3v) is 6.21. The van der Waals surface area contributed by atoms with Gasteiger partial charge in [0.2, 0.25) is 18.0 Å². The molecule has 178 valence electrons. The van der Waals surface area contributed by atoms with E-state index in [0.29, 0.717) is 18.1 Å². The summed E-state index contributed by atoms with van der Waals surface area (Å²) in [5.41, 5.74) is 0.790. The molecule has 1 aromatic carbocycles. The first-order chi connectivity index (χ1) is 16.6. The lowest BCUT2D eigenvalue weighted by atomic mass is 9.84. The van der Waals surface area contributed by atoms with Crippen LogP contribution < -0.4 is 20.7 Å². The molecule has 34 heavy (non-hydrogen) atoms. The molecule has 0 unspecified atom stereocenters. The number of β-lactam (4-membered cyclic amide) rings is 1. The summed E-state index contributed by atoms with van der Waals surface area (Å²) >= 11 is 0. The van der Waals surface area contributed by atoms with Crippen molar-refractivity contribution < 1.29 is 19.1 Å². The largest absolute Gasteiger partial charge is 0.468 e. The molecule has 2 aromatic rings. The van der Waals surface area contributed by atoms with E-state index in [1.54, 1.807) is 36.7 Å². The van der Waals surface area contributed by atoms with Crippen molar-refractivity contribution in [2.75, 3.05) is 0 Å². The minimum absolute atomic E-state index is 0.312. The molecule has 3 atom stereocenters. The molecule has 3 N–H and O–H groups in total. The molecule has 2 fully saturated rings. The summed E-state index contributed by atoms with van der Waals surface area (Å²) in [7, 11) is 0. The lowest BCUT2D eigenvalue weighted by Crippen LogP contribution is -2.72. The highest BCUT2D eigenvalue weighted by Gasteiger charge is 2.43. The highest BCUT2D eigenvalue weighted by Crippen LogP contribution is 2.27. The van der Waals surface area contributed by atoms with Gasteiger partial charge in [-0.15, -0.1) is 0 Å². The number of ether oxygens (including phenoxy) is 1. The van der Waals surface area contributed by atoms with Gasteiger partial charge in [-0.2, -0.15) is 0 Å². The quantitative estimate of drug-likeness (QED) is 0.392. The zero-order valence-electron chi connectivity index (χ0n) is 19.0. The number of benzene rings is 1. The molecule has 1 saturated heterocycles. The minimum Gasteiger partial charge on any atom is -0.468 e. The summed E-state index contributed by atoms with van der Waals surface area (Å²) in [5, 5.41) is 8.28. The van der Waals surface area contributed by atoms with E-state index >= 15 is 0 Å². The van der Waals surface area contributed by atoms with Crippen LogP contribution >= 0.6 is 0 Å². The number of nitrogens with one attached hydrogen (secondary N) is 3. The van der Waals surface area contributed by atoms with E-state index in [1.165, 1.54) is 12.5 Å². The van der Waals surface area contributed by atoms with Crippen LogP contribution in [0.5, 0.6) is 5.75 Å². The molecule has 0 bridgehead atoms. The maximum atomic E-state index is 13.2. The Morgan fingerprint density at radius 2 is 1.91 bits per heavy atom. The Bertz CT molecular complexity index is 1010. The monoisotopic (exact) mass is 462 g/mol. The fraction of sp³-hybridized carbons (Fsp3) is 0.385. The highest BCUT2D eigenvalue weighted by atomic mass is 16.5. The fourth-order valence-electron chi connectivity index (χ4n) is 4.35. The summed E-state index contributed by atoms with van der Waals surface area (Å²) in [5.74, 6) is -0.100. The Balaban J connectivity index is 1.39. The minimum atomic E-state index is -0.815. The number of hydrogen-bond acceptors (Lipinski definition) is 5. The standard InChI is InChI=1S/C26H30N4O4/c31-22(14-13-19-10-7-15-27-17-19)28-21(16-18-8-3-1-4-9-18)24(32)29-23-25(33)30-26(23)34-20-11-5-2-6-12-20/h2,5-7,10-15,17-18,21,23,26H,1,3-4,8-9,16H2,(H,28,31)(H,29,32)(H,30,33)/t21-,23+,26-/m0/s1. The number of carbonyl (C=O) groups is 3. The Hall–Kier alpha value is -3.68. The third-order valence-electron chi connectivity index (χ3n) is 6.21. The first-order valence-electron chi connectivity index (χ1n) is 11.8. The number of hydrogen-bond donors (Lipinski definition) is 3. The normalized spacial score (nSPS) is 21.2. The van der Waals surface area contributed by atoms with Crippen molar-refractivity contribution in [3.05, 3.63) is 66.5 Å². The lowest BCUT2D eigenvalue weighted by molar-refractivity contribution is -0.144. The number of rotatable bonds is 9. The molecule has 3 amide bonds. The molecule has 1 saturated carbocycles. The molecule has 4 rings (SSSR count). The maximum Gasteiger partial charge on any atom is 0.251 e. The Kier molecular flexibility index (Phi) is 7.91. The highest BCUT2D eigenvalue weighted by molar-refractivity contribution is 5.98. The Morgan fingerprint density at radius 1 is 1.12 bits per heavy atom. The van der Waals surface area contributed by atoms with Crippen molar-refractivity contribution in [2.45, 2.75) is 56.8 Å². The van der Waals surface area contributed by atoms with Crippen LogP contribution in [0.3, 0.4) is 0 Å². The van der Waals surface area contributed by atoms with Crippen LogP contribution in [0, 0.1) is 5.92 Å². The van der Waals surface area contributed by atoms with Gasteiger partial charge in [0.1, 0.15) is 11.8 Å². The van der Waals surface area contributed by atoms with E-state index in [9.17, 15) is 14.4 Å². The van der Waals surface area contributed by atoms with E-state index in [4.69, 9.17) is 4.74 Å². The molecular formula is C26H30N4O4. The van der Waals surface area contributed by atoms with Crippen LogP contribution in [-0.4, -0.2) is 41.0 Å². The van der Waals surface area contributed by atoms with Crippen LogP contribution in [0.2, 0.25) is 0 Å². The van der Waals surface area contributed by atoms with Gasteiger partial charge in [-0.1, -0.05) is 56.4 Å². The molecule has 8 heteroatoms. The van der Waals surface area contributed by atoms with E-state index in [2.05, 4.69) is 20.9 Å². The Morgan fingerprint density at radius 3 is 2.62 bits per heavy atom. The fourth-order valence-corrected chi connectivity index (χ4v) is 4.35. The second-order valence-electron chi connectivity index (χ2n) is 8.77. The molecular weight excluding hydrogens is 432 g/mol. The number of aromatic nitrogens is 1. The predicted molar refractivity (Wildman–Crippen MR) is 127 cm³/mol. The van der Waals surface area contributed by atoms with Crippen LogP contribution in [-0.2, 0) is 14.4 Å². The zero-order chi connectivity index (χ0) is 23.8. The second kappa shape index (κ2) is 11.4. The molecule has 8 nitrogen and oxygen atoms in total. The number of nitrogens with zero attached hydrogens (tertiary/aromatic N) is 1. The van der Waals surface area contributed by atoms with Crippen molar-refractivity contribution in [3.63, 3.8) is 0 Å². The number of carbonyl (C=O) groups excluding carboxylic acids is 3. The van der Waals surface area contributed by atoms with Gasteiger partial charge < -0.3 is 20.7 Å². The van der Waals surface area contributed by atoms with Crippen LogP contribution in [0.25, 0.3) is 6.08 Å². The van der Waals surface area contributed by atoms with E-state index in [-0.39, 0.29) is 17.7 Å². The topological polar surface area (TPSA) is 109 Å². The number of para-hydroxylation sites is 1. The van der Waals surface area contributed by atoms with Gasteiger partial charge in [0.05, 0.1) is 0 Å². The molecule has 2 heterocycles. The average Bonchev–Trinajstić information content (AvgIpc) is 2.87. The molecule has 0 spiro atoms. The van der Waals surface area contributed by atoms with Crippen LogP contribution in [0.4, 0.5) is 0 Å². The van der Waals surface area contributed by atoms with Crippen molar-refractivity contribution in [2.24, 2.45) is 5.92 Å². The number of amides is 3. The lowest BCUT2D eigenvalue weighted by Gasteiger charge is -2.37. The summed E-state index contributed by atoms with van der Waals surface area (Å²) in [6, 6.07) is 11.2. The van der Waals surface area contributed by atoms with Crippen molar-refractivity contribution >= 4 is 23.8 Å². The maximum absolute atomic E-state index is 13.2. The van der Waals surface area contributed by atoms with Gasteiger partial charge in [-0.3, -0.25) is 19.4 Å². The Labute approximate surface area is 199 Å². The van der Waals surface area contributed by atoms with E-state index in [0.717, 1.165) is 31.2 Å². The summed E-state index contributed by atoms with van der Waals surface area (Å²) in [6.07, 6.45) is 11.8. The van der Waals surface area contributed by atoms with Crippen LogP contribution in [0.15, 0.2) is 60.9 Å². The summed E-state index contributed by atoms with van der Waals surface area (Å²) < 4.78 is 5.78. The third kappa shape index (κ3) is 6.43. The number of pyridine rings is 1. The zero-order valence-corrected chi connectivity index (χ0v) is 19.0. The van der Waals surface area contributed by atoms with E-state index < -0.39 is 18.3 Å². The van der Waals surface area contributed by atoms with Gasteiger partial charge >= 0.3 is 0 Å². The van der Waals surface area contributed by atoms with Crippen molar-refractivity contribution in [3.8, 4) is 5.75 Å². The van der Waals surface area contributed by atoms with Gasteiger partial charge in [0, 0.05) is 18.5 Å². The summed E-state index contributed by atoms with van der Waals surface area (Å²) in [6.45, 7) is 0. The van der Waals surface area contributed by atoms with Crippen LogP contribution in [0.1, 0.15) is 44.1 Å². The average molecular weight is 463 g/mol. The van der Waals surface area contributed by atoms with Gasteiger partial charge in [-0.25, -0.2) is 0 Å². The van der Waals surface area contributed by atoms with Crippen molar-refractivity contribution in [1.82, 2.24) is 20.9 Å². The van der Waals surface area contributed by atoms with Crippen molar-refractivity contribution in [1.29, 1.82) is 0 Å². The molecule has 2 aliphatic rings. The smallest absolute Gasteiger partial charge is 0.251 e. The predicted octanol–water partition coefficient (Wildman–Crippen LogP) is 2.57. The SMILES string of the molecule is O=C(C=Cc1cccnc1)N[C@@H](CC1CCCCC1)C(=O)N[C@@H]1C(=O)N[C@H]1Oc1ccccc1. The van der Waals surface area contributed by atoms with Gasteiger partial charge in [0.25, 0.3) is 5.91 Å². The molecule has 1 aliphatic heterocycles. The first-order valence-corrected chi connectivity index (χ1v) is 11.8. The van der Waals surface area contributed by atoms with Gasteiger partial charge in [-0.05, 0) is 42.2 Å².